The van der Waals surface area contributed by atoms with Crippen molar-refractivity contribution in [1.82, 2.24) is 9.55 Å². The number of hydrogen-bond donors (Lipinski definition) is 2. The number of aromatic nitrogens is 2. The molecule has 1 aliphatic heterocycles. The van der Waals surface area contributed by atoms with Crippen molar-refractivity contribution in [2.24, 2.45) is 0 Å². The van der Waals surface area contributed by atoms with Gasteiger partial charge in [0.1, 0.15) is 11.4 Å². The maximum absolute atomic E-state index is 13.1. The molecule has 0 radical (unpaired) electrons. The summed E-state index contributed by atoms with van der Waals surface area (Å²) in [6.45, 7) is 9.31. The highest BCUT2D eigenvalue weighted by Crippen LogP contribution is 2.30. The minimum atomic E-state index is -0.584. The highest BCUT2D eigenvalue weighted by Gasteiger charge is 2.24. The van der Waals surface area contributed by atoms with Crippen molar-refractivity contribution in [3.8, 4) is 0 Å². The Morgan fingerprint density at radius 3 is 2.78 bits per heavy atom. The number of anilines is 2. The van der Waals surface area contributed by atoms with Crippen LogP contribution in [0.2, 0.25) is 0 Å². The van der Waals surface area contributed by atoms with Crippen molar-refractivity contribution >= 4 is 34.1 Å². The Morgan fingerprint density at radius 2 is 2.06 bits per heavy atom. The van der Waals surface area contributed by atoms with E-state index in [9.17, 15) is 4.79 Å². The van der Waals surface area contributed by atoms with Gasteiger partial charge in [-0.05, 0) is 75.6 Å². The molecule has 0 fully saturated rings. The number of benzene rings is 1. The topological polar surface area (TPSA) is 91.4 Å². The van der Waals surface area contributed by atoms with Crippen LogP contribution in [0.25, 0.3) is 16.5 Å². The Morgan fingerprint density at radius 1 is 1.25 bits per heavy atom. The van der Waals surface area contributed by atoms with E-state index < -0.39 is 5.60 Å². The Balaban J connectivity index is 1.69. The molecule has 1 aromatic carbocycles. The number of carbonyl (C=O) groups is 1. The van der Waals surface area contributed by atoms with Crippen molar-refractivity contribution < 1.29 is 14.3 Å². The second-order valence-electron chi connectivity index (χ2n) is 9.04. The van der Waals surface area contributed by atoms with Gasteiger partial charge in [0.15, 0.2) is 0 Å². The van der Waals surface area contributed by atoms with E-state index in [1.54, 1.807) is 4.57 Å². The van der Waals surface area contributed by atoms with Crippen molar-refractivity contribution in [2.45, 2.75) is 46.3 Å². The van der Waals surface area contributed by atoms with Crippen molar-refractivity contribution in [1.29, 1.82) is 0 Å². The van der Waals surface area contributed by atoms with Crippen LogP contribution < -0.4 is 11.1 Å². The second-order valence-corrected chi connectivity index (χ2v) is 9.04. The predicted molar refractivity (Wildman–Crippen MR) is 128 cm³/mol. The second kappa shape index (κ2) is 8.67. The summed E-state index contributed by atoms with van der Waals surface area (Å²) in [7, 11) is 0. The third-order valence-electron chi connectivity index (χ3n) is 5.26. The van der Waals surface area contributed by atoms with Gasteiger partial charge in [0.25, 0.3) is 0 Å². The van der Waals surface area contributed by atoms with E-state index in [4.69, 9.17) is 15.2 Å². The van der Waals surface area contributed by atoms with Gasteiger partial charge in [0, 0.05) is 17.6 Å². The van der Waals surface area contributed by atoms with E-state index in [0.717, 1.165) is 39.8 Å². The Labute approximate surface area is 188 Å². The molecular formula is C25H30N4O3. The molecule has 0 saturated carbocycles. The van der Waals surface area contributed by atoms with Gasteiger partial charge < -0.3 is 20.5 Å². The smallest absolute Gasteiger partial charge is 0.419 e. The Hall–Kier alpha value is -3.32. The predicted octanol–water partition coefficient (Wildman–Crippen LogP) is 5.13. The molecule has 3 aromatic rings. The fourth-order valence-electron chi connectivity index (χ4n) is 3.77. The van der Waals surface area contributed by atoms with Gasteiger partial charge in [-0.15, -0.1) is 0 Å². The molecule has 168 valence electrons. The molecule has 0 bridgehead atoms. The molecule has 0 spiro atoms. The molecule has 7 heteroatoms. The largest absolute Gasteiger partial charge is 0.443 e. The summed E-state index contributed by atoms with van der Waals surface area (Å²) in [5.74, 6) is 0.671. The number of ether oxygens (including phenoxy) is 2. The first kappa shape index (κ1) is 21.9. The zero-order chi connectivity index (χ0) is 22.9. The van der Waals surface area contributed by atoms with Gasteiger partial charge >= 0.3 is 6.09 Å². The number of nitrogen functional groups attached to an aromatic ring is 1. The highest BCUT2D eigenvalue weighted by molar-refractivity contribution is 5.95. The third kappa shape index (κ3) is 4.78. The zero-order valence-electron chi connectivity index (χ0n) is 19.1. The molecule has 0 amide bonds. The third-order valence-corrected chi connectivity index (χ3v) is 5.26. The first-order valence-electron chi connectivity index (χ1n) is 10.8. The molecule has 0 unspecified atom stereocenters. The van der Waals surface area contributed by atoms with Crippen molar-refractivity contribution in [3.63, 3.8) is 0 Å². The van der Waals surface area contributed by atoms with Crippen LogP contribution in [0.4, 0.5) is 16.3 Å². The van der Waals surface area contributed by atoms with Crippen LogP contribution in [0, 0.1) is 6.92 Å². The summed E-state index contributed by atoms with van der Waals surface area (Å²) in [4.78, 5) is 17.6. The molecule has 3 N–H and O–H groups in total. The van der Waals surface area contributed by atoms with E-state index in [1.807, 2.05) is 58.0 Å². The molecule has 7 nitrogen and oxygen atoms in total. The summed E-state index contributed by atoms with van der Waals surface area (Å²) in [6.07, 6.45) is 2.41. The van der Waals surface area contributed by atoms with Crippen LogP contribution in [0.5, 0.6) is 0 Å². The fraction of sp³-hybridized carbons (Fsp3) is 0.360. The van der Waals surface area contributed by atoms with Crippen molar-refractivity contribution in [3.05, 3.63) is 59.4 Å². The van der Waals surface area contributed by atoms with Crippen LogP contribution in [-0.2, 0) is 16.0 Å². The zero-order valence-corrected chi connectivity index (χ0v) is 19.1. The number of hydrogen-bond acceptors (Lipinski definition) is 6. The molecule has 0 aliphatic carbocycles. The lowest BCUT2D eigenvalue weighted by Gasteiger charge is -2.22. The van der Waals surface area contributed by atoms with Gasteiger partial charge in [-0.3, -0.25) is 0 Å². The number of nitrogens with zero attached hydrogens (tertiary/aromatic N) is 2. The van der Waals surface area contributed by atoms with E-state index in [2.05, 4.69) is 22.4 Å². The van der Waals surface area contributed by atoms with Crippen LogP contribution in [0.3, 0.4) is 0 Å². The number of nitrogens with two attached hydrogens (primary N) is 1. The molecule has 0 atom stereocenters. The molecule has 2 aromatic heterocycles. The number of fused-ring (bicyclic) bond motifs is 1. The average Bonchev–Trinajstić information content (AvgIpc) is 3.13. The van der Waals surface area contributed by atoms with Crippen LogP contribution >= 0.6 is 0 Å². The van der Waals surface area contributed by atoms with Crippen molar-refractivity contribution in [2.75, 3.05) is 24.3 Å². The molecule has 4 rings (SSSR count). The fourth-order valence-corrected chi connectivity index (χ4v) is 3.77. The molecule has 32 heavy (non-hydrogen) atoms. The maximum atomic E-state index is 13.1. The van der Waals surface area contributed by atoms with Gasteiger partial charge in [-0.25, -0.2) is 14.3 Å². The van der Waals surface area contributed by atoms with Gasteiger partial charge in [0.2, 0.25) is 0 Å². The summed E-state index contributed by atoms with van der Waals surface area (Å²) in [5, 5.41) is 4.29. The number of pyridine rings is 1. The summed E-state index contributed by atoms with van der Waals surface area (Å²) >= 11 is 0. The van der Waals surface area contributed by atoms with Crippen LogP contribution in [0.1, 0.15) is 44.1 Å². The van der Waals surface area contributed by atoms with E-state index in [-0.39, 0.29) is 6.09 Å². The van der Waals surface area contributed by atoms with Crippen LogP contribution in [0.15, 0.2) is 42.5 Å². The van der Waals surface area contributed by atoms with Gasteiger partial charge in [0.05, 0.1) is 30.1 Å². The number of nitrogens with one attached hydrogen (secondary N) is 1. The Kier molecular flexibility index (Phi) is 5.93. The lowest BCUT2D eigenvalue weighted by molar-refractivity contribution is 0.0542. The Bertz CT molecular complexity index is 1190. The monoisotopic (exact) mass is 434 g/mol. The van der Waals surface area contributed by atoms with E-state index in [1.165, 1.54) is 0 Å². The first-order valence-corrected chi connectivity index (χ1v) is 10.8. The summed E-state index contributed by atoms with van der Waals surface area (Å²) < 4.78 is 12.8. The maximum Gasteiger partial charge on any atom is 0.419 e. The lowest BCUT2D eigenvalue weighted by atomic mass is 10.1. The molecule has 3 heterocycles. The first-order chi connectivity index (χ1) is 15.2. The minimum Gasteiger partial charge on any atom is -0.443 e. The van der Waals surface area contributed by atoms with E-state index in [0.29, 0.717) is 31.3 Å². The molecule has 1 aliphatic rings. The number of aryl methyl sites for hydroxylation is 1. The number of rotatable bonds is 4. The average molecular weight is 435 g/mol. The molecule has 0 saturated heterocycles. The number of carbonyl (C=O) groups excluding carboxylic acids is 1. The highest BCUT2D eigenvalue weighted by atomic mass is 16.6. The van der Waals surface area contributed by atoms with Gasteiger partial charge in [-0.2, -0.15) is 0 Å². The minimum absolute atomic E-state index is 0.377. The van der Waals surface area contributed by atoms with E-state index >= 15 is 0 Å². The SMILES string of the molecule is Cc1ccc(N)c(NCc2ccc3c(c2)cc(C2=CCOCC2)n3C(=O)OC(C)(C)C)n1. The summed E-state index contributed by atoms with van der Waals surface area (Å²) in [6, 6.07) is 11.8. The quantitative estimate of drug-likeness (QED) is 0.592. The molecular weight excluding hydrogens is 404 g/mol. The lowest BCUT2D eigenvalue weighted by Crippen LogP contribution is -2.28. The van der Waals surface area contributed by atoms with Gasteiger partial charge in [-0.1, -0.05) is 12.1 Å². The van der Waals surface area contributed by atoms with Crippen LogP contribution in [-0.4, -0.2) is 34.5 Å². The standard InChI is InChI=1S/C25H30N4O3/c1-16-5-7-20(26)23(28-16)27-15-17-6-8-21-19(13-17)14-22(18-9-11-31-12-10-18)29(21)24(30)32-25(2,3)4/h5-9,13-14H,10-12,15,26H2,1-4H3,(H,27,28). The summed E-state index contributed by atoms with van der Waals surface area (Å²) in [5.41, 5.74) is 10.8. The normalized spacial score (nSPS) is 14.3.